The first kappa shape index (κ1) is 10.9. The van der Waals surface area contributed by atoms with Gasteiger partial charge in [0.05, 0.1) is 5.56 Å². The normalized spacial score (nSPS) is 14.9. The zero-order chi connectivity index (χ0) is 11.7. The molecule has 1 saturated carbocycles. The summed E-state index contributed by atoms with van der Waals surface area (Å²) in [5.41, 5.74) is 6.05. The minimum absolute atomic E-state index is 0.0775. The average Bonchev–Trinajstić information content (AvgIpc) is 3.07. The van der Waals surface area contributed by atoms with Crippen LogP contribution in [0.4, 0.5) is 10.1 Å². The first-order valence-electron chi connectivity index (χ1n) is 5.49. The molecule has 1 aliphatic rings. The number of hydrogen-bond acceptors (Lipinski definition) is 2. The van der Waals surface area contributed by atoms with E-state index in [-0.39, 0.29) is 11.5 Å². The van der Waals surface area contributed by atoms with Crippen molar-refractivity contribution in [3.05, 3.63) is 29.6 Å². The van der Waals surface area contributed by atoms with Gasteiger partial charge in [0.25, 0.3) is 5.91 Å². The van der Waals surface area contributed by atoms with Crippen LogP contribution < -0.4 is 5.73 Å². The van der Waals surface area contributed by atoms with Gasteiger partial charge in [-0.15, -0.1) is 0 Å². The molecule has 0 bridgehead atoms. The number of hydrogen-bond donors (Lipinski definition) is 1. The Labute approximate surface area is 94.0 Å². The molecule has 4 heteroatoms. The Bertz CT molecular complexity index is 415. The predicted molar refractivity (Wildman–Crippen MR) is 60.5 cm³/mol. The lowest BCUT2D eigenvalue weighted by Gasteiger charge is -2.20. The number of carbonyl (C=O) groups excluding carboxylic acids is 1. The molecule has 0 heterocycles. The molecular weight excluding hydrogens is 207 g/mol. The molecule has 1 aromatic carbocycles. The highest BCUT2D eigenvalue weighted by molar-refractivity contribution is 5.95. The fraction of sp³-hybridized carbons (Fsp3) is 0.417. The zero-order valence-corrected chi connectivity index (χ0v) is 9.24. The smallest absolute Gasteiger partial charge is 0.257 e. The van der Waals surface area contributed by atoms with E-state index in [1.807, 2.05) is 6.92 Å². The van der Waals surface area contributed by atoms with Gasteiger partial charge in [0.2, 0.25) is 0 Å². The van der Waals surface area contributed by atoms with E-state index in [1.54, 1.807) is 4.90 Å². The molecule has 0 aliphatic heterocycles. The number of nitrogen functional groups attached to an aromatic ring is 1. The van der Waals surface area contributed by atoms with Crippen LogP contribution in [0.15, 0.2) is 18.2 Å². The van der Waals surface area contributed by atoms with Crippen molar-refractivity contribution in [2.24, 2.45) is 0 Å². The zero-order valence-electron chi connectivity index (χ0n) is 9.24. The van der Waals surface area contributed by atoms with Crippen LogP contribution in [-0.4, -0.2) is 23.4 Å². The summed E-state index contributed by atoms with van der Waals surface area (Å²) in [6.45, 7) is 2.51. The third-order valence-corrected chi connectivity index (χ3v) is 2.81. The van der Waals surface area contributed by atoms with Gasteiger partial charge in [0, 0.05) is 18.3 Å². The van der Waals surface area contributed by atoms with Gasteiger partial charge in [0.15, 0.2) is 0 Å². The van der Waals surface area contributed by atoms with Crippen LogP contribution in [0, 0.1) is 5.82 Å². The maximum absolute atomic E-state index is 13.5. The minimum atomic E-state index is -0.502. The van der Waals surface area contributed by atoms with Gasteiger partial charge in [-0.2, -0.15) is 0 Å². The fourth-order valence-corrected chi connectivity index (χ4v) is 1.82. The lowest BCUT2D eigenvalue weighted by Crippen LogP contribution is -2.33. The number of nitrogens with zero attached hydrogens (tertiary/aromatic N) is 1. The number of carbonyl (C=O) groups is 1. The largest absolute Gasteiger partial charge is 0.399 e. The number of halogens is 1. The first-order valence-corrected chi connectivity index (χ1v) is 5.49. The summed E-state index contributed by atoms with van der Waals surface area (Å²) in [6.07, 6.45) is 2.03. The van der Waals surface area contributed by atoms with E-state index in [9.17, 15) is 9.18 Å². The molecule has 16 heavy (non-hydrogen) atoms. The van der Waals surface area contributed by atoms with E-state index < -0.39 is 5.82 Å². The summed E-state index contributed by atoms with van der Waals surface area (Å²) in [5, 5.41) is 0. The molecule has 0 radical (unpaired) electrons. The number of nitrogens with two attached hydrogens (primary N) is 1. The molecule has 0 atom stereocenters. The summed E-state index contributed by atoms with van der Waals surface area (Å²) in [4.78, 5) is 13.8. The van der Waals surface area contributed by atoms with Crippen molar-refractivity contribution in [3.63, 3.8) is 0 Å². The standard InChI is InChI=1S/C12H15FN2O/c1-2-15(9-4-5-9)12(16)10-7-8(14)3-6-11(10)13/h3,6-7,9H,2,4-5,14H2,1H3. The van der Waals surface area contributed by atoms with Crippen LogP contribution in [0.2, 0.25) is 0 Å². The summed E-state index contributed by atoms with van der Waals surface area (Å²) in [7, 11) is 0. The van der Waals surface area contributed by atoms with Crippen molar-refractivity contribution < 1.29 is 9.18 Å². The van der Waals surface area contributed by atoms with Crippen LogP contribution in [0.25, 0.3) is 0 Å². The molecule has 1 amide bonds. The highest BCUT2D eigenvalue weighted by Crippen LogP contribution is 2.28. The van der Waals surface area contributed by atoms with E-state index in [4.69, 9.17) is 5.73 Å². The predicted octanol–water partition coefficient (Wildman–Crippen LogP) is 2.03. The highest BCUT2D eigenvalue weighted by atomic mass is 19.1. The third-order valence-electron chi connectivity index (χ3n) is 2.81. The highest BCUT2D eigenvalue weighted by Gasteiger charge is 2.32. The molecule has 0 spiro atoms. The van der Waals surface area contributed by atoms with E-state index in [0.29, 0.717) is 18.3 Å². The van der Waals surface area contributed by atoms with Crippen LogP contribution in [0.3, 0.4) is 0 Å². The van der Waals surface area contributed by atoms with Crippen molar-refractivity contribution >= 4 is 11.6 Å². The number of benzene rings is 1. The van der Waals surface area contributed by atoms with E-state index >= 15 is 0 Å². The van der Waals surface area contributed by atoms with Crippen molar-refractivity contribution in [2.45, 2.75) is 25.8 Å². The number of anilines is 1. The van der Waals surface area contributed by atoms with Gasteiger partial charge in [0.1, 0.15) is 5.82 Å². The molecule has 0 aromatic heterocycles. The Hall–Kier alpha value is -1.58. The van der Waals surface area contributed by atoms with Gasteiger partial charge in [-0.3, -0.25) is 4.79 Å². The Morgan fingerprint density at radius 3 is 2.81 bits per heavy atom. The van der Waals surface area contributed by atoms with Crippen LogP contribution in [0.1, 0.15) is 30.1 Å². The van der Waals surface area contributed by atoms with Crippen LogP contribution >= 0.6 is 0 Å². The van der Waals surface area contributed by atoms with Crippen molar-refractivity contribution in [3.8, 4) is 0 Å². The monoisotopic (exact) mass is 222 g/mol. The quantitative estimate of drug-likeness (QED) is 0.795. The Morgan fingerprint density at radius 2 is 2.25 bits per heavy atom. The molecule has 2 N–H and O–H groups in total. The molecule has 2 rings (SSSR count). The topological polar surface area (TPSA) is 46.3 Å². The molecule has 1 fully saturated rings. The average molecular weight is 222 g/mol. The maximum Gasteiger partial charge on any atom is 0.257 e. The van der Waals surface area contributed by atoms with E-state index in [2.05, 4.69) is 0 Å². The molecule has 86 valence electrons. The van der Waals surface area contributed by atoms with Crippen LogP contribution in [-0.2, 0) is 0 Å². The molecule has 1 aromatic rings. The Kier molecular flexibility index (Phi) is 2.81. The number of rotatable bonds is 3. The van der Waals surface area contributed by atoms with E-state index in [1.165, 1.54) is 18.2 Å². The van der Waals surface area contributed by atoms with Crippen LogP contribution in [0.5, 0.6) is 0 Å². The third kappa shape index (κ3) is 2.01. The van der Waals surface area contributed by atoms with Crippen molar-refractivity contribution in [1.29, 1.82) is 0 Å². The Balaban J connectivity index is 2.28. The van der Waals surface area contributed by atoms with Gasteiger partial charge in [-0.1, -0.05) is 0 Å². The molecule has 0 saturated heterocycles. The lowest BCUT2D eigenvalue weighted by molar-refractivity contribution is 0.0748. The maximum atomic E-state index is 13.5. The van der Waals surface area contributed by atoms with Crippen molar-refractivity contribution in [2.75, 3.05) is 12.3 Å². The SMILES string of the molecule is CCN(C(=O)c1cc(N)ccc1F)C1CC1. The molecule has 1 aliphatic carbocycles. The second kappa shape index (κ2) is 4.12. The Morgan fingerprint density at radius 1 is 1.56 bits per heavy atom. The van der Waals surface area contributed by atoms with Gasteiger partial charge < -0.3 is 10.6 Å². The summed E-state index contributed by atoms with van der Waals surface area (Å²) in [6, 6.07) is 4.39. The van der Waals surface area contributed by atoms with Gasteiger partial charge in [-0.25, -0.2) is 4.39 Å². The summed E-state index contributed by atoms with van der Waals surface area (Å²) >= 11 is 0. The van der Waals surface area contributed by atoms with Crippen molar-refractivity contribution in [1.82, 2.24) is 4.90 Å². The molecular formula is C12H15FN2O. The second-order valence-corrected chi connectivity index (χ2v) is 4.06. The molecule has 0 unspecified atom stereocenters. The number of amides is 1. The van der Waals surface area contributed by atoms with Gasteiger partial charge in [-0.05, 0) is 38.0 Å². The summed E-state index contributed by atoms with van der Waals surface area (Å²) in [5.74, 6) is -0.756. The first-order chi connectivity index (χ1) is 7.63. The van der Waals surface area contributed by atoms with E-state index in [0.717, 1.165) is 12.8 Å². The molecule has 3 nitrogen and oxygen atoms in total. The summed E-state index contributed by atoms with van der Waals surface area (Å²) < 4.78 is 13.5. The van der Waals surface area contributed by atoms with Gasteiger partial charge >= 0.3 is 0 Å². The lowest BCUT2D eigenvalue weighted by atomic mass is 10.1. The fourth-order valence-electron chi connectivity index (χ4n) is 1.82. The minimum Gasteiger partial charge on any atom is -0.399 e. The second-order valence-electron chi connectivity index (χ2n) is 4.06.